The summed E-state index contributed by atoms with van der Waals surface area (Å²) in [6.07, 6.45) is 2.31. The third kappa shape index (κ3) is 4.30. The standard InChI is InChI=1S/C22H15F3N4O2/c1-12-2-4-17(25)15(8-12)21-20(18-6-7-26-11-27-18)22(31-29-21)28-19(30)10-13-9-14(23)3-5-16(13)24/h2-9,11H,10H2,1H3,(H,28,30). The van der Waals surface area contributed by atoms with Crippen molar-refractivity contribution in [1.29, 1.82) is 0 Å². The van der Waals surface area contributed by atoms with Gasteiger partial charge in [-0.1, -0.05) is 16.8 Å². The summed E-state index contributed by atoms with van der Waals surface area (Å²) in [5, 5.41) is 6.42. The second kappa shape index (κ2) is 8.39. The monoisotopic (exact) mass is 424 g/mol. The molecule has 2 aromatic heterocycles. The molecule has 0 aliphatic heterocycles. The topological polar surface area (TPSA) is 80.9 Å². The number of aryl methyl sites for hydroxylation is 1. The fourth-order valence-corrected chi connectivity index (χ4v) is 3.08. The van der Waals surface area contributed by atoms with Gasteiger partial charge in [0.05, 0.1) is 17.7 Å². The van der Waals surface area contributed by atoms with Gasteiger partial charge in [0.25, 0.3) is 0 Å². The molecule has 1 amide bonds. The number of aromatic nitrogens is 3. The highest BCUT2D eigenvalue weighted by atomic mass is 19.1. The summed E-state index contributed by atoms with van der Waals surface area (Å²) >= 11 is 0. The Bertz CT molecular complexity index is 1260. The van der Waals surface area contributed by atoms with Gasteiger partial charge in [-0.15, -0.1) is 0 Å². The molecule has 156 valence electrons. The summed E-state index contributed by atoms with van der Waals surface area (Å²) in [6.45, 7) is 1.80. The predicted octanol–water partition coefficient (Wildman–Crippen LogP) is 4.71. The van der Waals surface area contributed by atoms with Crippen molar-refractivity contribution in [1.82, 2.24) is 15.1 Å². The van der Waals surface area contributed by atoms with Crippen LogP contribution in [0.5, 0.6) is 0 Å². The van der Waals surface area contributed by atoms with E-state index in [9.17, 15) is 18.0 Å². The second-order valence-electron chi connectivity index (χ2n) is 6.77. The van der Waals surface area contributed by atoms with Gasteiger partial charge in [-0.25, -0.2) is 23.1 Å². The molecule has 4 rings (SSSR count). The van der Waals surface area contributed by atoms with E-state index in [1.807, 2.05) is 0 Å². The van der Waals surface area contributed by atoms with E-state index in [1.54, 1.807) is 25.1 Å². The highest BCUT2D eigenvalue weighted by Gasteiger charge is 2.24. The lowest BCUT2D eigenvalue weighted by atomic mass is 10.0. The Balaban J connectivity index is 1.73. The molecule has 0 spiro atoms. The summed E-state index contributed by atoms with van der Waals surface area (Å²) in [5.74, 6) is -2.69. The Morgan fingerprint density at radius 3 is 2.65 bits per heavy atom. The number of nitrogens with one attached hydrogen (secondary N) is 1. The van der Waals surface area contributed by atoms with Gasteiger partial charge in [0, 0.05) is 17.3 Å². The van der Waals surface area contributed by atoms with Crippen LogP contribution in [-0.2, 0) is 11.2 Å². The average Bonchev–Trinajstić information content (AvgIpc) is 3.16. The smallest absolute Gasteiger partial charge is 0.241 e. The second-order valence-corrected chi connectivity index (χ2v) is 6.77. The molecular formula is C22H15F3N4O2. The Morgan fingerprint density at radius 1 is 1.06 bits per heavy atom. The Hall–Kier alpha value is -4.01. The summed E-state index contributed by atoms with van der Waals surface area (Å²) in [6, 6.07) is 8.89. The summed E-state index contributed by atoms with van der Waals surface area (Å²) in [7, 11) is 0. The Morgan fingerprint density at radius 2 is 1.87 bits per heavy atom. The van der Waals surface area contributed by atoms with Gasteiger partial charge >= 0.3 is 0 Å². The molecule has 2 heterocycles. The Labute approximate surface area is 174 Å². The summed E-state index contributed by atoms with van der Waals surface area (Å²) in [4.78, 5) is 20.5. The van der Waals surface area contributed by atoms with Gasteiger partial charge in [-0.3, -0.25) is 10.1 Å². The lowest BCUT2D eigenvalue weighted by Gasteiger charge is -2.07. The van der Waals surface area contributed by atoms with Crippen LogP contribution in [-0.4, -0.2) is 21.0 Å². The maximum Gasteiger partial charge on any atom is 0.241 e. The molecule has 0 aliphatic carbocycles. The van der Waals surface area contributed by atoms with Crippen LogP contribution < -0.4 is 5.32 Å². The molecule has 0 bridgehead atoms. The minimum Gasteiger partial charge on any atom is -0.337 e. The van der Waals surface area contributed by atoms with E-state index in [2.05, 4.69) is 20.4 Å². The first kappa shape index (κ1) is 20.3. The first-order chi connectivity index (χ1) is 14.9. The largest absolute Gasteiger partial charge is 0.337 e. The normalized spacial score (nSPS) is 10.8. The fraction of sp³-hybridized carbons (Fsp3) is 0.0909. The molecule has 9 heteroatoms. The maximum absolute atomic E-state index is 14.5. The number of rotatable bonds is 5. The first-order valence-electron chi connectivity index (χ1n) is 9.18. The average molecular weight is 424 g/mol. The van der Waals surface area contributed by atoms with E-state index in [4.69, 9.17) is 4.52 Å². The van der Waals surface area contributed by atoms with Crippen LogP contribution in [0.3, 0.4) is 0 Å². The molecule has 31 heavy (non-hydrogen) atoms. The number of hydrogen-bond donors (Lipinski definition) is 1. The number of hydrogen-bond acceptors (Lipinski definition) is 5. The molecule has 4 aromatic rings. The van der Waals surface area contributed by atoms with Crippen molar-refractivity contribution in [3.05, 3.63) is 83.6 Å². The van der Waals surface area contributed by atoms with Gasteiger partial charge in [0.2, 0.25) is 11.8 Å². The van der Waals surface area contributed by atoms with Crippen molar-refractivity contribution in [2.24, 2.45) is 0 Å². The zero-order chi connectivity index (χ0) is 22.0. The first-order valence-corrected chi connectivity index (χ1v) is 9.18. The van der Waals surface area contributed by atoms with Crippen LogP contribution in [0.1, 0.15) is 11.1 Å². The zero-order valence-corrected chi connectivity index (χ0v) is 16.2. The van der Waals surface area contributed by atoms with Gasteiger partial charge in [-0.05, 0) is 43.3 Å². The van der Waals surface area contributed by atoms with E-state index in [0.717, 1.165) is 23.8 Å². The van der Waals surface area contributed by atoms with Gasteiger partial charge < -0.3 is 4.52 Å². The molecule has 0 saturated heterocycles. The van der Waals surface area contributed by atoms with Crippen molar-refractivity contribution < 1.29 is 22.5 Å². The summed E-state index contributed by atoms with van der Waals surface area (Å²) < 4.78 is 47.1. The highest BCUT2D eigenvalue weighted by Crippen LogP contribution is 2.38. The van der Waals surface area contributed by atoms with Gasteiger partial charge in [0.15, 0.2) is 0 Å². The number of amides is 1. The zero-order valence-electron chi connectivity index (χ0n) is 16.2. The van der Waals surface area contributed by atoms with E-state index in [0.29, 0.717) is 5.69 Å². The van der Waals surface area contributed by atoms with Crippen LogP contribution >= 0.6 is 0 Å². The van der Waals surface area contributed by atoms with Crippen LogP contribution in [0.25, 0.3) is 22.5 Å². The van der Waals surface area contributed by atoms with Crippen molar-refractivity contribution in [3.63, 3.8) is 0 Å². The summed E-state index contributed by atoms with van der Waals surface area (Å²) in [5.41, 5.74) is 1.53. The molecule has 0 saturated carbocycles. The number of nitrogens with zero attached hydrogens (tertiary/aromatic N) is 3. The van der Waals surface area contributed by atoms with Crippen molar-refractivity contribution in [2.45, 2.75) is 13.3 Å². The molecule has 0 atom stereocenters. The number of carbonyl (C=O) groups is 1. The Kier molecular flexibility index (Phi) is 5.48. The fourth-order valence-electron chi connectivity index (χ4n) is 3.08. The number of carbonyl (C=O) groups excluding carboxylic acids is 1. The number of anilines is 1. The molecule has 0 fully saturated rings. The third-order valence-corrected chi connectivity index (χ3v) is 4.52. The SMILES string of the molecule is Cc1ccc(F)c(-c2noc(NC(=O)Cc3cc(F)ccc3F)c2-c2ccncn2)c1. The minimum absolute atomic E-state index is 0.101. The molecule has 0 unspecified atom stereocenters. The third-order valence-electron chi connectivity index (χ3n) is 4.52. The van der Waals surface area contributed by atoms with Crippen molar-refractivity contribution in [2.75, 3.05) is 5.32 Å². The molecular weight excluding hydrogens is 409 g/mol. The van der Waals surface area contributed by atoms with Crippen LogP contribution in [0.15, 0.2) is 59.5 Å². The van der Waals surface area contributed by atoms with Crippen molar-refractivity contribution in [3.8, 4) is 22.5 Å². The van der Waals surface area contributed by atoms with Crippen LogP contribution in [0.2, 0.25) is 0 Å². The molecule has 0 aliphatic rings. The van der Waals surface area contributed by atoms with Crippen LogP contribution in [0.4, 0.5) is 19.1 Å². The highest BCUT2D eigenvalue weighted by molar-refractivity contribution is 5.97. The lowest BCUT2D eigenvalue weighted by Crippen LogP contribution is -2.15. The van der Waals surface area contributed by atoms with Gasteiger partial charge in [0.1, 0.15) is 29.5 Å². The van der Waals surface area contributed by atoms with E-state index < -0.39 is 29.8 Å². The molecule has 2 aromatic carbocycles. The van der Waals surface area contributed by atoms with E-state index in [1.165, 1.54) is 18.6 Å². The minimum atomic E-state index is -0.715. The molecule has 6 nitrogen and oxygen atoms in total. The van der Waals surface area contributed by atoms with E-state index in [-0.39, 0.29) is 28.3 Å². The number of halogens is 3. The maximum atomic E-state index is 14.5. The van der Waals surface area contributed by atoms with Gasteiger partial charge in [-0.2, -0.15) is 0 Å². The molecule has 0 radical (unpaired) electrons. The van der Waals surface area contributed by atoms with E-state index >= 15 is 0 Å². The number of benzene rings is 2. The lowest BCUT2D eigenvalue weighted by molar-refractivity contribution is -0.115. The quantitative estimate of drug-likeness (QED) is 0.502. The predicted molar refractivity (Wildman–Crippen MR) is 106 cm³/mol. The van der Waals surface area contributed by atoms with Crippen molar-refractivity contribution >= 4 is 11.8 Å². The molecule has 1 N–H and O–H groups in total. The van der Waals surface area contributed by atoms with Crippen LogP contribution in [0, 0.1) is 24.4 Å².